The molecule has 1 aromatic carbocycles. The van der Waals surface area contributed by atoms with E-state index in [0.717, 1.165) is 50.4 Å². The van der Waals surface area contributed by atoms with E-state index in [9.17, 15) is 0 Å². The number of nitrogens with one attached hydrogen (secondary N) is 1. The predicted octanol–water partition coefficient (Wildman–Crippen LogP) is 2.30. The van der Waals surface area contributed by atoms with Gasteiger partial charge in [0.1, 0.15) is 12.4 Å². The maximum absolute atomic E-state index is 6.26. The normalized spacial score (nSPS) is 15.5. The van der Waals surface area contributed by atoms with Crippen LogP contribution in [-0.2, 0) is 0 Å². The molecule has 1 unspecified atom stereocenters. The lowest BCUT2D eigenvalue weighted by Gasteiger charge is -2.37. The summed E-state index contributed by atoms with van der Waals surface area (Å²) in [5, 5.41) is 13.0. The van der Waals surface area contributed by atoms with E-state index in [4.69, 9.17) is 14.9 Å². The molecule has 0 bridgehead atoms. The first kappa shape index (κ1) is 24.2. The lowest BCUT2D eigenvalue weighted by molar-refractivity contribution is 0.221. The SMILES string of the molecule is CNCCOc1ccc(N2CCN(CC(C)n3ncc4c3nc(N)n3nc(-c5ccco5)nc43)CC2)cc1. The largest absolute Gasteiger partial charge is 0.492 e. The zero-order chi connectivity index (χ0) is 26.1. The number of anilines is 2. The number of aromatic nitrogens is 6. The molecule has 0 saturated carbocycles. The summed E-state index contributed by atoms with van der Waals surface area (Å²) in [6.45, 7) is 8.39. The van der Waals surface area contributed by atoms with Gasteiger partial charge in [-0.2, -0.15) is 14.6 Å². The molecule has 0 radical (unpaired) electrons. The van der Waals surface area contributed by atoms with E-state index in [2.05, 4.69) is 54.3 Å². The Balaban J connectivity index is 1.11. The molecular weight excluding hydrogens is 484 g/mol. The van der Waals surface area contributed by atoms with Gasteiger partial charge < -0.3 is 25.1 Å². The van der Waals surface area contributed by atoms with Gasteiger partial charge in [-0.3, -0.25) is 4.90 Å². The highest BCUT2D eigenvalue weighted by Gasteiger charge is 2.23. The van der Waals surface area contributed by atoms with Crippen molar-refractivity contribution in [3.63, 3.8) is 0 Å². The molecule has 1 atom stereocenters. The molecule has 5 heterocycles. The van der Waals surface area contributed by atoms with E-state index in [-0.39, 0.29) is 12.0 Å². The fourth-order valence-corrected chi connectivity index (χ4v) is 4.92. The highest BCUT2D eigenvalue weighted by atomic mass is 16.5. The van der Waals surface area contributed by atoms with Crippen LogP contribution in [0.2, 0.25) is 0 Å². The number of nitrogens with zero attached hydrogens (tertiary/aromatic N) is 8. The molecule has 0 aliphatic carbocycles. The molecule has 38 heavy (non-hydrogen) atoms. The number of nitrogen functional groups attached to an aromatic ring is 1. The Bertz CT molecular complexity index is 1500. The third-order valence-electron chi connectivity index (χ3n) is 6.93. The van der Waals surface area contributed by atoms with Crippen molar-refractivity contribution in [2.24, 2.45) is 0 Å². The van der Waals surface area contributed by atoms with E-state index in [1.165, 1.54) is 10.2 Å². The van der Waals surface area contributed by atoms with E-state index < -0.39 is 0 Å². The molecule has 1 saturated heterocycles. The summed E-state index contributed by atoms with van der Waals surface area (Å²) >= 11 is 0. The molecule has 1 aliphatic heterocycles. The Morgan fingerprint density at radius 2 is 1.89 bits per heavy atom. The molecule has 198 valence electrons. The Hall–Kier alpha value is -4.16. The molecule has 1 aliphatic rings. The van der Waals surface area contributed by atoms with Crippen LogP contribution in [0.3, 0.4) is 0 Å². The van der Waals surface area contributed by atoms with E-state index in [0.29, 0.717) is 29.5 Å². The van der Waals surface area contributed by atoms with Crippen molar-refractivity contribution in [2.75, 3.05) is 63.6 Å². The fourth-order valence-electron chi connectivity index (χ4n) is 4.92. The van der Waals surface area contributed by atoms with Crippen LogP contribution < -0.4 is 20.7 Å². The fraction of sp³-hybridized carbons (Fsp3) is 0.385. The van der Waals surface area contributed by atoms with Crippen LogP contribution in [-0.4, -0.2) is 87.2 Å². The van der Waals surface area contributed by atoms with Gasteiger partial charge in [0.25, 0.3) is 0 Å². The molecule has 12 nitrogen and oxygen atoms in total. The average molecular weight is 517 g/mol. The highest BCUT2D eigenvalue weighted by molar-refractivity contribution is 5.90. The summed E-state index contributed by atoms with van der Waals surface area (Å²) in [5.41, 5.74) is 8.81. The van der Waals surface area contributed by atoms with Crippen LogP contribution in [0.25, 0.3) is 28.3 Å². The minimum absolute atomic E-state index is 0.106. The van der Waals surface area contributed by atoms with Gasteiger partial charge in [-0.1, -0.05) is 0 Å². The number of hydrogen-bond acceptors (Lipinski definition) is 10. The molecule has 4 aromatic heterocycles. The van der Waals surface area contributed by atoms with Gasteiger partial charge in [0.2, 0.25) is 11.8 Å². The smallest absolute Gasteiger partial charge is 0.225 e. The van der Waals surface area contributed by atoms with Crippen molar-refractivity contribution in [3.05, 3.63) is 48.9 Å². The minimum atomic E-state index is 0.106. The molecular formula is C26H32N10O2. The van der Waals surface area contributed by atoms with Gasteiger partial charge in [0.05, 0.1) is 23.9 Å². The molecule has 0 amide bonds. The molecule has 0 spiro atoms. The van der Waals surface area contributed by atoms with E-state index in [1.54, 1.807) is 18.5 Å². The van der Waals surface area contributed by atoms with Crippen LogP contribution >= 0.6 is 0 Å². The quantitative estimate of drug-likeness (QED) is 0.282. The Morgan fingerprint density at radius 3 is 2.63 bits per heavy atom. The first-order valence-electron chi connectivity index (χ1n) is 12.9. The third-order valence-corrected chi connectivity index (χ3v) is 6.93. The molecule has 12 heteroatoms. The van der Waals surface area contributed by atoms with Crippen molar-refractivity contribution in [1.29, 1.82) is 0 Å². The molecule has 1 fully saturated rings. The van der Waals surface area contributed by atoms with Gasteiger partial charge >= 0.3 is 0 Å². The maximum Gasteiger partial charge on any atom is 0.225 e. The Labute approximate surface area is 220 Å². The first-order valence-corrected chi connectivity index (χ1v) is 12.9. The summed E-state index contributed by atoms with van der Waals surface area (Å²) in [4.78, 5) is 14.2. The van der Waals surface area contributed by atoms with E-state index in [1.807, 2.05) is 29.9 Å². The number of hydrogen-bond donors (Lipinski definition) is 2. The standard InChI is InChI=1S/C26H32N10O2/c1-18(17-33-10-12-34(13-11-33)19-5-7-20(8-6-19)37-15-9-28-2)35-25-21(16-29-35)24-30-23(22-4-3-14-38-22)32-36(24)26(27)31-25/h3-8,14,16,18,28H,9-13,15,17H2,1-2H3,(H2,27,31). The number of benzene rings is 1. The zero-order valence-corrected chi connectivity index (χ0v) is 21.6. The second-order valence-electron chi connectivity index (χ2n) is 9.53. The van der Waals surface area contributed by atoms with Crippen molar-refractivity contribution in [3.8, 4) is 17.3 Å². The predicted molar refractivity (Wildman–Crippen MR) is 145 cm³/mol. The number of rotatable bonds is 9. The lowest BCUT2D eigenvalue weighted by Crippen LogP contribution is -2.47. The summed E-state index contributed by atoms with van der Waals surface area (Å²) < 4.78 is 14.7. The maximum atomic E-state index is 6.26. The highest BCUT2D eigenvalue weighted by Crippen LogP contribution is 2.26. The third kappa shape index (κ3) is 4.63. The zero-order valence-electron chi connectivity index (χ0n) is 21.6. The molecule has 3 N–H and O–H groups in total. The van der Waals surface area contributed by atoms with Gasteiger partial charge in [-0.05, 0) is 50.4 Å². The monoisotopic (exact) mass is 516 g/mol. The number of ether oxygens (including phenoxy) is 1. The van der Waals surface area contributed by atoms with Gasteiger partial charge in [0, 0.05) is 45.0 Å². The van der Waals surface area contributed by atoms with Gasteiger partial charge in [0.15, 0.2) is 17.1 Å². The lowest BCUT2D eigenvalue weighted by atomic mass is 10.2. The second kappa shape index (κ2) is 10.3. The van der Waals surface area contributed by atoms with Crippen LogP contribution in [0.15, 0.2) is 53.3 Å². The molecule has 5 aromatic rings. The van der Waals surface area contributed by atoms with Gasteiger partial charge in [-0.15, -0.1) is 5.10 Å². The number of nitrogens with two attached hydrogens (primary N) is 1. The van der Waals surface area contributed by atoms with E-state index >= 15 is 0 Å². The number of furan rings is 1. The van der Waals surface area contributed by atoms with Crippen LogP contribution in [0.5, 0.6) is 5.75 Å². The topological polar surface area (TPSA) is 128 Å². The van der Waals surface area contributed by atoms with Crippen LogP contribution in [0.1, 0.15) is 13.0 Å². The Kier molecular flexibility index (Phi) is 6.56. The summed E-state index contributed by atoms with van der Waals surface area (Å²) in [6.07, 6.45) is 3.38. The summed E-state index contributed by atoms with van der Waals surface area (Å²) in [7, 11) is 1.92. The minimum Gasteiger partial charge on any atom is -0.492 e. The van der Waals surface area contributed by atoms with Crippen LogP contribution in [0, 0.1) is 0 Å². The molecule has 6 rings (SSSR count). The summed E-state index contributed by atoms with van der Waals surface area (Å²) in [6, 6.07) is 12.1. The van der Waals surface area contributed by atoms with Crippen molar-refractivity contribution in [2.45, 2.75) is 13.0 Å². The summed E-state index contributed by atoms with van der Waals surface area (Å²) in [5.74, 6) is 2.21. The average Bonchev–Trinajstić information content (AvgIpc) is 3.69. The second-order valence-corrected chi connectivity index (χ2v) is 9.53. The number of fused-ring (bicyclic) bond motifs is 3. The van der Waals surface area contributed by atoms with Gasteiger partial charge in [-0.25, -0.2) is 9.67 Å². The number of piperazine rings is 1. The van der Waals surface area contributed by atoms with Crippen molar-refractivity contribution in [1.82, 2.24) is 39.6 Å². The van der Waals surface area contributed by atoms with Crippen molar-refractivity contribution < 1.29 is 9.15 Å². The van der Waals surface area contributed by atoms with Crippen molar-refractivity contribution >= 4 is 28.3 Å². The number of likely N-dealkylation sites (N-methyl/N-ethyl adjacent to an activating group) is 1. The Morgan fingerprint density at radius 1 is 1.08 bits per heavy atom. The van der Waals surface area contributed by atoms with Crippen LogP contribution in [0.4, 0.5) is 11.6 Å². The first-order chi connectivity index (χ1) is 18.6.